The largest absolute Gasteiger partial charge is 0.497 e. The Balaban J connectivity index is 1.47. The molecule has 0 aromatic heterocycles. The molecular formula is C20H22N2O5. The van der Waals surface area contributed by atoms with E-state index in [1.54, 1.807) is 60.5 Å². The summed E-state index contributed by atoms with van der Waals surface area (Å²) in [7, 11) is 1.60. The van der Waals surface area contributed by atoms with Crippen molar-refractivity contribution in [2.75, 3.05) is 44.8 Å². The fourth-order valence-electron chi connectivity index (χ4n) is 2.94. The van der Waals surface area contributed by atoms with Gasteiger partial charge in [-0.3, -0.25) is 4.79 Å². The zero-order chi connectivity index (χ0) is 19.2. The molecule has 1 fully saturated rings. The second-order valence-electron chi connectivity index (χ2n) is 6.18. The Morgan fingerprint density at radius 2 is 1.52 bits per heavy atom. The number of methoxy groups -OCH3 is 1. The summed E-state index contributed by atoms with van der Waals surface area (Å²) in [5.74, 6) is 0.378. The number of aromatic carboxylic acids is 1. The first-order valence-electron chi connectivity index (χ1n) is 8.70. The van der Waals surface area contributed by atoms with Crippen molar-refractivity contribution in [3.8, 4) is 11.5 Å². The molecule has 1 N–H and O–H groups in total. The maximum Gasteiger partial charge on any atom is 0.335 e. The molecule has 2 aromatic carbocycles. The predicted molar refractivity (Wildman–Crippen MR) is 101 cm³/mol. The molecule has 0 bridgehead atoms. The van der Waals surface area contributed by atoms with Crippen LogP contribution in [0.5, 0.6) is 11.5 Å². The molecule has 0 atom stereocenters. The maximum atomic E-state index is 12.3. The minimum atomic E-state index is -0.936. The van der Waals surface area contributed by atoms with Crippen molar-refractivity contribution in [3.05, 3.63) is 54.1 Å². The van der Waals surface area contributed by atoms with Gasteiger partial charge in [-0.1, -0.05) is 0 Å². The van der Waals surface area contributed by atoms with Gasteiger partial charge in [-0.25, -0.2) is 4.79 Å². The van der Waals surface area contributed by atoms with E-state index < -0.39 is 5.97 Å². The van der Waals surface area contributed by atoms with Crippen molar-refractivity contribution < 1.29 is 24.2 Å². The molecule has 0 saturated carbocycles. The zero-order valence-corrected chi connectivity index (χ0v) is 15.1. The second kappa shape index (κ2) is 8.44. The lowest BCUT2D eigenvalue weighted by Gasteiger charge is -2.36. The van der Waals surface area contributed by atoms with Crippen molar-refractivity contribution in [2.24, 2.45) is 0 Å². The topological polar surface area (TPSA) is 79.3 Å². The first-order valence-corrected chi connectivity index (χ1v) is 8.70. The van der Waals surface area contributed by atoms with Crippen molar-refractivity contribution in [3.63, 3.8) is 0 Å². The second-order valence-corrected chi connectivity index (χ2v) is 6.18. The Hall–Kier alpha value is -3.22. The van der Waals surface area contributed by atoms with Gasteiger partial charge in [0.15, 0.2) is 6.61 Å². The van der Waals surface area contributed by atoms with Gasteiger partial charge in [0.25, 0.3) is 5.91 Å². The van der Waals surface area contributed by atoms with E-state index in [-0.39, 0.29) is 18.1 Å². The average Bonchev–Trinajstić information content (AvgIpc) is 2.72. The number of piperazine rings is 1. The summed E-state index contributed by atoms with van der Waals surface area (Å²) in [6, 6.07) is 13.9. The number of amides is 1. The predicted octanol–water partition coefficient (Wildman–Crippen LogP) is 2.12. The summed E-state index contributed by atoms with van der Waals surface area (Å²) in [5, 5.41) is 8.97. The zero-order valence-electron chi connectivity index (χ0n) is 15.1. The molecule has 0 spiro atoms. The highest BCUT2D eigenvalue weighted by molar-refractivity contribution is 5.88. The molecule has 1 aliphatic rings. The Bertz CT molecular complexity index is 781. The molecule has 3 rings (SSSR count). The van der Waals surface area contributed by atoms with Gasteiger partial charge in [0.2, 0.25) is 0 Å². The maximum absolute atomic E-state index is 12.3. The highest BCUT2D eigenvalue weighted by atomic mass is 16.5. The monoisotopic (exact) mass is 370 g/mol. The highest BCUT2D eigenvalue weighted by Crippen LogP contribution is 2.19. The number of carboxylic acids is 1. The Morgan fingerprint density at radius 3 is 2.07 bits per heavy atom. The Morgan fingerprint density at radius 1 is 0.926 bits per heavy atom. The van der Waals surface area contributed by atoms with E-state index in [2.05, 4.69) is 4.90 Å². The lowest BCUT2D eigenvalue weighted by atomic mass is 10.2. The van der Waals surface area contributed by atoms with Crippen LogP contribution in [0.2, 0.25) is 0 Å². The smallest absolute Gasteiger partial charge is 0.335 e. The fraction of sp³-hybridized carbons (Fsp3) is 0.300. The molecule has 142 valence electrons. The average molecular weight is 370 g/mol. The van der Waals surface area contributed by atoms with Crippen LogP contribution in [0.15, 0.2) is 48.5 Å². The number of benzene rings is 2. The molecular weight excluding hydrogens is 348 g/mol. The number of rotatable bonds is 6. The Kier molecular flexibility index (Phi) is 5.80. The minimum Gasteiger partial charge on any atom is -0.497 e. The third kappa shape index (κ3) is 4.69. The van der Waals surface area contributed by atoms with Gasteiger partial charge in [-0.05, 0) is 48.5 Å². The van der Waals surface area contributed by atoms with Gasteiger partial charge in [0.1, 0.15) is 11.5 Å². The number of carbonyl (C=O) groups excluding carboxylic acids is 1. The van der Waals surface area contributed by atoms with Crippen molar-refractivity contribution in [1.29, 1.82) is 0 Å². The minimum absolute atomic E-state index is 0.000360. The van der Waals surface area contributed by atoms with E-state index in [0.717, 1.165) is 11.4 Å². The molecule has 1 saturated heterocycles. The summed E-state index contributed by atoms with van der Waals surface area (Å²) in [6.07, 6.45) is 0. The van der Waals surface area contributed by atoms with E-state index in [1.165, 1.54) is 0 Å². The molecule has 0 unspecified atom stereocenters. The lowest BCUT2D eigenvalue weighted by molar-refractivity contribution is -0.133. The first kappa shape index (κ1) is 18.6. The summed E-state index contributed by atoms with van der Waals surface area (Å²) in [6.45, 7) is 2.60. The van der Waals surface area contributed by atoms with Crippen LogP contribution in [0.4, 0.5) is 5.69 Å². The highest BCUT2D eigenvalue weighted by Gasteiger charge is 2.21. The Labute approximate surface area is 157 Å². The number of anilines is 1. The molecule has 2 aromatic rings. The van der Waals surface area contributed by atoms with E-state index in [1.807, 2.05) is 0 Å². The standard InChI is InChI=1S/C20H22N2O5/c1-26-17-6-8-18(9-7-17)27-14-19(23)22-12-10-21(11-13-22)16-4-2-15(3-5-16)20(24)25/h2-9H,10-14H2,1H3,(H,24,25). The normalized spacial score (nSPS) is 14.0. The SMILES string of the molecule is COc1ccc(OCC(=O)N2CCN(c3ccc(C(=O)O)cc3)CC2)cc1. The van der Waals surface area contributed by atoms with Crippen LogP contribution in [-0.4, -0.2) is 61.8 Å². The number of hydrogen-bond acceptors (Lipinski definition) is 5. The van der Waals surface area contributed by atoms with Gasteiger partial charge in [-0.2, -0.15) is 0 Å². The summed E-state index contributed by atoms with van der Waals surface area (Å²) in [4.78, 5) is 27.2. The molecule has 7 nitrogen and oxygen atoms in total. The number of hydrogen-bond donors (Lipinski definition) is 1. The van der Waals surface area contributed by atoms with Gasteiger partial charge in [0, 0.05) is 31.9 Å². The van der Waals surface area contributed by atoms with Crippen molar-refractivity contribution in [2.45, 2.75) is 0 Å². The third-order valence-electron chi connectivity index (χ3n) is 4.53. The number of nitrogens with zero attached hydrogens (tertiary/aromatic N) is 2. The fourth-order valence-corrected chi connectivity index (χ4v) is 2.94. The van der Waals surface area contributed by atoms with Gasteiger partial charge in [-0.15, -0.1) is 0 Å². The van der Waals surface area contributed by atoms with Crippen LogP contribution in [0.1, 0.15) is 10.4 Å². The molecule has 7 heteroatoms. The quantitative estimate of drug-likeness (QED) is 0.839. The van der Waals surface area contributed by atoms with E-state index in [9.17, 15) is 9.59 Å². The van der Waals surface area contributed by atoms with Crippen molar-refractivity contribution >= 4 is 17.6 Å². The van der Waals surface area contributed by atoms with Crippen LogP contribution in [0.3, 0.4) is 0 Å². The molecule has 27 heavy (non-hydrogen) atoms. The van der Waals surface area contributed by atoms with E-state index >= 15 is 0 Å². The van der Waals surface area contributed by atoms with Gasteiger partial charge >= 0.3 is 5.97 Å². The summed E-state index contributed by atoms with van der Waals surface area (Å²) < 4.78 is 10.6. The third-order valence-corrected chi connectivity index (χ3v) is 4.53. The lowest BCUT2D eigenvalue weighted by Crippen LogP contribution is -2.50. The first-order chi connectivity index (χ1) is 13.1. The van der Waals surface area contributed by atoms with Crippen molar-refractivity contribution in [1.82, 2.24) is 4.90 Å². The molecule has 0 aliphatic carbocycles. The van der Waals surface area contributed by atoms with Crippen LogP contribution < -0.4 is 14.4 Å². The molecule has 1 aliphatic heterocycles. The van der Waals surface area contributed by atoms with Gasteiger partial charge < -0.3 is 24.4 Å². The number of carboxylic acid groups (broad SMARTS) is 1. The van der Waals surface area contributed by atoms with E-state index in [0.29, 0.717) is 31.9 Å². The molecule has 1 amide bonds. The summed E-state index contributed by atoms with van der Waals surface area (Å²) in [5.41, 5.74) is 1.23. The summed E-state index contributed by atoms with van der Waals surface area (Å²) >= 11 is 0. The van der Waals surface area contributed by atoms with Gasteiger partial charge in [0.05, 0.1) is 12.7 Å². The molecule has 1 heterocycles. The van der Waals surface area contributed by atoms with Crippen LogP contribution in [0, 0.1) is 0 Å². The van der Waals surface area contributed by atoms with E-state index in [4.69, 9.17) is 14.6 Å². The van der Waals surface area contributed by atoms with Crippen LogP contribution in [0.25, 0.3) is 0 Å². The number of ether oxygens (including phenoxy) is 2. The van der Waals surface area contributed by atoms with Crippen LogP contribution in [-0.2, 0) is 4.79 Å². The molecule has 0 radical (unpaired) electrons. The van der Waals surface area contributed by atoms with Crippen LogP contribution >= 0.6 is 0 Å². The number of carbonyl (C=O) groups is 2.